The maximum absolute atomic E-state index is 13.0. The zero-order chi connectivity index (χ0) is 12.6. The molecule has 1 aliphatic rings. The highest BCUT2D eigenvalue weighted by Gasteiger charge is 2.31. The van der Waals surface area contributed by atoms with E-state index in [1.165, 1.54) is 4.31 Å². The third kappa shape index (κ3) is 2.80. The van der Waals surface area contributed by atoms with Crippen LogP contribution in [0.2, 0.25) is 0 Å². The van der Waals surface area contributed by atoms with E-state index in [1.807, 2.05) is 0 Å². The number of hydrogen-bond donors (Lipinski definition) is 1. The first-order valence-corrected chi connectivity index (χ1v) is 6.56. The Morgan fingerprint density at radius 3 is 2.44 bits per heavy atom. The van der Waals surface area contributed by atoms with Crippen molar-refractivity contribution < 1.29 is 17.2 Å². The van der Waals surface area contributed by atoms with Crippen LogP contribution in [-0.4, -0.2) is 31.9 Å². The molecule has 102 valence electrons. The fourth-order valence-corrected chi connectivity index (χ4v) is 3.28. The van der Waals surface area contributed by atoms with Crippen LogP contribution in [0, 0.1) is 11.6 Å². The van der Waals surface area contributed by atoms with Crippen molar-refractivity contribution in [1.29, 1.82) is 0 Å². The van der Waals surface area contributed by atoms with E-state index in [2.05, 4.69) is 0 Å². The Morgan fingerprint density at radius 2 is 1.94 bits per heavy atom. The smallest absolute Gasteiger partial charge is 0.243 e. The molecule has 1 saturated heterocycles. The second-order valence-corrected chi connectivity index (χ2v) is 5.93. The first-order valence-electron chi connectivity index (χ1n) is 5.12. The Labute approximate surface area is 110 Å². The lowest BCUT2D eigenvalue weighted by molar-refractivity contribution is 0.468. The standard InChI is InChI=1S/C10H12F2N2O2S.ClH/c11-9-2-1-8(5-10(9)12)17(15,16)14-4-3-7(13)6-14;/h1-2,5,7H,3-4,6,13H2;1H/t7-;/m1./s1. The minimum absolute atomic E-state index is 0. The molecule has 1 fully saturated rings. The molecule has 1 aromatic rings. The fraction of sp³-hybridized carbons (Fsp3) is 0.400. The van der Waals surface area contributed by atoms with Crippen molar-refractivity contribution in [3.63, 3.8) is 0 Å². The van der Waals surface area contributed by atoms with E-state index in [9.17, 15) is 17.2 Å². The summed E-state index contributed by atoms with van der Waals surface area (Å²) in [5.74, 6) is -2.24. The Kier molecular flexibility index (Phi) is 4.66. The van der Waals surface area contributed by atoms with Gasteiger partial charge in [0.05, 0.1) is 4.90 Å². The second-order valence-electron chi connectivity index (χ2n) is 3.99. The Hall–Kier alpha value is -0.760. The summed E-state index contributed by atoms with van der Waals surface area (Å²) in [5.41, 5.74) is 5.61. The van der Waals surface area contributed by atoms with E-state index < -0.39 is 21.7 Å². The van der Waals surface area contributed by atoms with Crippen molar-refractivity contribution in [1.82, 2.24) is 4.31 Å². The highest BCUT2D eigenvalue weighted by atomic mass is 35.5. The lowest BCUT2D eigenvalue weighted by atomic mass is 10.3. The molecule has 0 saturated carbocycles. The summed E-state index contributed by atoms with van der Waals surface area (Å²) in [4.78, 5) is -0.245. The highest BCUT2D eigenvalue weighted by molar-refractivity contribution is 7.89. The summed E-state index contributed by atoms with van der Waals surface area (Å²) in [6.07, 6.45) is 0.572. The van der Waals surface area contributed by atoms with Gasteiger partial charge in [-0.25, -0.2) is 17.2 Å². The first kappa shape index (κ1) is 15.3. The van der Waals surface area contributed by atoms with Gasteiger partial charge in [-0.3, -0.25) is 0 Å². The number of benzene rings is 1. The third-order valence-electron chi connectivity index (χ3n) is 2.72. The van der Waals surface area contributed by atoms with Crippen LogP contribution in [0.3, 0.4) is 0 Å². The maximum Gasteiger partial charge on any atom is 0.243 e. The highest BCUT2D eigenvalue weighted by Crippen LogP contribution is 2.21. The zero-order valence-corrected chi connectivity index (χ0v) is 11.0. The molecule has 0 bridgehead atoms. The number of hydrogen-bond acceptors (Lipinski definition) is 3. The Balaban J connectivity index is 0.00000162. The molecular formula is C10H13ClF2N2O2S. The molecule has 0 aliphatic carbocycles. The molecule has 1 heterocycles. The quantitative estimate of drug-likeness (QED) is 0.889. The largest absolute Gasteiger partial charge is 0.326 e. The van der Waals surface area contributed by atoms with E-state index >= 15 is 0 Å². The molecule has 2 N–H and O–H groups in total. The van der Waals surface area contributed by atoms with E-state index in [4.69, 9.17) is 5.73 Å². The summed E-state index contributed by atoms with van der Waals surface area (Å²) < 4.78 is 50.9. The molecule has 1 aliphatic heterocycles. The summed E-state index contributed by atoms with van der Waals surface area (Å²) in [6.45, 7) is 0.518. The maximum atomic E-state index is 13.0. The molecule has 8 heteroatoms. The van der Waals surface area contributed by atoms with Crippen LogP contribution >= 0.6 is 12.4 Å². The van der Waals surface area contributed by atoms with Crippen LogP contribution in [0.5, 0.6) is 0 Å². The third-order valence-corrected chi connectivity index (χ3v) is 4.58. The SMILES string of the molecule is Cl.N[C@@H]1CCN(S(=O)(=O)c2ccc(F)c(F)c2)C1. The number of sulfonamides is 1. The van der Waals surface area contributed by atoms with Crippen molar-refractivity contribution in [3.8, 4) is 0 Å². The van der Waals surface area contributed by atoms with Crippen LogP contribution in [0.25, 0.3) is 0 Å². The Bertz CT molecular complexity index is 539. The number of rotatable bonds is 2. The lowest BCUT2D eigenvalue weighted by Crippen LogP contribution is -2.32. The van der Waals surface area contributed by atoms with E-state index in [-0.39, 0.29) is 29.9 Å². The van der Waals surface area contributed by atoms with Gasteiger partial charge in [0.1, 0.15) is 0 Å². The van der Waals surface area contributed by atoms with Gasteiger partial charge in [0.15, 0.2) is 11.6 Å². The molecule has 0 amide bonds. The van der Waals surface area contributed by atoms with Crippen molar-refractivity contribution >= 4 is 22.4 Å². The number of nitrogens with two attached hydrogens (primary N) is 1. The second kappa shape index (κ2) is 5.48. The average molecular weight is 299 g/mol. The van der Waals surface area contributed by atoms with Gasteiger partial charge < -0.3 is 5.73 Å². The predicted octanol–water partition coefficient (Wildman–Crippen LogP) is 1.11. The number of halogens is 3. The summed E-state index contributed by atoms with van der Waals surface area (Å²) >= 11 is 0. The van der Waals surface area contributed by atoms with Gasteiger partial charge in [-0.05, 0) is 24.6 Å². The molecule has 2 rings (SSSR count). The summed E-state index contributed by atoms with van der Waals surface area (Å²) in [6, 6.07) is 2.35. The van der Waals surface area contributed by atoms with Gasteiger partial charge in [0.25, 0.3) is 0 Å². The van der Waals surface area contributed by atoms with E-state index in [0.29, 0.717) is 19.0 Å². The molecule has 1 atom stereocenters. The van der Waals surface area contributed by atoms with E-state index in [1.54, 1.807) is 0 Å². The normalized spacial score (nSPS) is 20.7. The summed E-state index contributed by atoms with van der Waals surface area (Å²) in [5, 5.41) is 0. The molecule has 0 spiro atoms. The van der Waals surface area contributed by atoms with Crippen LogP contribution in [0.1, 0.15) is 6.42 Å². The minimum Gasteiger partial charge on any atom is -0.326 e. The van der Waals surface area contributed by atoms with Crippen LogP contribution in [0.4, 0.5) is 8.78 Å². The number of nitrogens with zero attached hydrogens (tertiary/aromatic N) is 1. The van der Waals surface area contributed by atoms with Crippen molar-refractivity contribution in [2.45, 2.75) is 17.4 Å². The molecule has 0 radical (unpaired) electrons. The molecule has 1 aromatic carbocycles. The van der Waals surface area contributed by atoms with Gasteiger partial charge in [0, 0.05) is 19.1 Å². The van der Waals surface area contributed by atoms with Gasteiger partial charge in [-0.1, -0.05) is 0 Å². The lowest BCUT2D eigenvalue weighted by Gasteiger charge is -2.15. The first-order chi connectivity index (χ1) is 7.91. The summed E-state index contributed by atoms with van der Waals surface area (Å²) in [7, 11) is -3.76. The van der Waals surface area contributed by atoms with Crippen LogP contribution < -0.4 is 5.73 Å². The Morgan fingerprint density at radius 1 is 1.28 bits per heavy atom. The minimum atomic E-state index is -3.76. The monoisotopic (exact) mass is 298 g/mol. The topological polar surface area (TPSA) is 63.4 Å². The van der Waals surface area contributed by atoms with Gasteiger partial charge in [-0.2, -0.15) is 4.31 Å². The van der Waals surface area contributed by atoms with Crippen molar-refractivity contribution in [3.05, 3.63) is 29.8 Å². The fourth-order valence-electron chi connectivity index (χ4n) is 1.76. The average Bonchev–Trinajstić information content (AvgIpc) is 2.69. The van der Waals surface area contributed by atoms with Crippen LogP contribution in [0.15, 0.2) is 23.1 Å². The van der Waals surface area contributed by atoms with Crippen molar-refractivity contribution in [2.24, 2.45) is 5.73 Å². The predicted molar refractivity (Wildman–Crippen MR) is 65.0 cm³/mol. The molecule has 0 unspecified atom stereocenters. The van der Waals surface area contributed by atoms with Gasteiger partial charge >= 0.3 is 0 Å². The molecular weight excluding hydrogens is 286 g/mol. The van der Waals surface area contributed by atoms with Crippen molar-refractivity contribution in [2.75, 3.05) is 13.1 Å². The molecule has 18 heavy (non-hydrogen) atoms. The zero-order valence-electron chi connectivity index (χ0n) is 9.34. The van der Waals surface area contributed by atoms with Gasteiger partial charge in [0.2, 0.25) is 10.0 Å². The molecule has 0 aromatic heterocycles. The van der Waals surface area contributed by atoms with Crippen LogP contribution in [-0.2, 0) is 10.0 Å². The van der Waals surface area contributed by atoms with E-state index in [0.717, 1.165) is 12.1 Å². The van der Waals surface area contributed by atoms with Gasteiger partial charge in [-0.15, -0.1) is 12.4 Å². The molecule has 4 nitrogen and oxygen atoms in total.